The van der Waals surface area contributed by atoms with Gasteiger partial charge in [0.25, 0.3) is 0 Å². The van der Waals surface area contributed by atoms with E-state index in [-0.39, 0.29) is 4.90 Å². The van der Waals surface area contributed by atoms with Crippen LogP contribution in [0.2, 0.25) is 0 Å². The average molecular weight is 420 g/mol. The minimum absolute atomic E-state index is 0.282. The lowest BCUT2D eigenvalue weighted by atomic mass is 10.3. The Morgan fingerprint density at radius 2 is 1.79 bits per heavy atom. The summed E-state index contributed by atoms with van der Waals surface area (Å²) in [6, 6.07) is 12.2. The van der Waals surface area contributed by atoms with Crippen molar-refractivity contribution in [3.8, 4) is 5.75 Å². The smallest absolute Gasteiger partial charge is 0.243 e. The number of piperazine rings is 1. The summed E-state index contributed by atoms with van der Waals surface area (Å²) in [4.78, 5) is 2.44. The number of hydrogen-bond donors (Lipinski definition) is 0. The van der Waals surface area contributed by atoms with Crippen molar-refractivity contribution in [2.45, 2.75) is 11.6 Å². The fourth-order valence-corrected chi connectivity index (χ4v) is 4.93. The van der Waals surface area contributed by atoms with E-state index in [0.29, 0.717) is 43.4 Å². The Balaban J connectivity index is 1.43. The van der Waals surface area contributed by atoms with Crippen molar-refractivity contribution in [3.05, 3.63) is 53.4 Å². The number of ether oxygens (including phenoxy) is 1. The average Bonchev–Trinajstić information content (AvgIpc) is 3.04. The lowest BCUT2D eigenvalue weighted by Crippen LogP contribution is -2.48. The quantitative estimate of drug-likeness (QED) is 0.588. The number of pyridine rings is 1. The van der Waals surface area contributed by atoms with Gasteiger partial charge in [0.15, 0.2) is 5.65 Å². The number of rotatable bonds is 5. The first-order valence-corrected chi connectivity index (χ1v) is 10.7. The van der Waals surface area contributed by atoms with E-state index >= 15 is 0 Å². The van der Waals surface area contributed by atoms with Gasteiger partial charge in [-0.05, 0) is 48.6 Å². The molecule has 0 atom stereocenters. The van der Waals surface area contributed by atoms with Crippen molar-refractivity contribution in [1.29, 1.82) is 0 Å². The number of benzene rings is 1. The number of hydrogen-bond acceptors (Lipinski definition) is 6. The van der Waals surface area contributed by atoms with Crippen LogP contribution in [0.15, 0.2) is 53.6 Å². The van der Waals surface area contributed by atoms with Crippen molar-refractivity contribution >= 4 is 27.9 Å². The summed E-state index contributed by atoms with van der Waals surface area (Å²) in [6.45, 7) is 2.62. The van der Waals surface area contributed by atoms with E-state index in [2.05, 4.69) is 10.00 Å². The molecule has 0 amide bonds. The lowest BCUT2D eigenvalue weighted by Gasteiger charge is -2.33. The van der Waals surface area contributed by atoms with E-state index < -0.39 is 10.0 Å². The van der Waals surface area contributed by atoms with Gasteiger partial charge in [0.05, 0.1) is 18.7 Å². The normalized spacial score (nSPS) is 16.5. The highest BCUT2D eigenvalue weighted by Gasteiger charge is 2.28. The Labute approximate surface area is 168 Å². The van der Waals surface area contributed by atoms with Crippen LogP contribution in [-0.2, 0) is 16.7 Å². The molecule has 0 N–H and O–H groups in total. The van der Waals surface area contributed by atoms with Gasteiger partial charge in [-0.2, -0.15) is 9.40 Å². The van der Waals surface area contributed by atoms with Gasteiger partial charge in [0.2, 0.25) is 14.8 Å². The number of methoxy groups -OCH3 is 1. The lowest BCUT2D eigenvalue weighted by molar-refractivity contribution is 0.145. The molecule has 0 radical (unpaired) electrons. The van der Waals surface area contributed by atoms with Crippen LogP contribution in [0, 0.1) is 4.77 Å². The summed E-state index contributed by atoms with van der Waals surface area (Å²) in [5.74, 6) is 0.632. The number of fused-ring (bicyclic) bond motifs is 1. The van der Waals surface area contributed by atoms with Crippen molar-refractivity contribution in [1.82, 2.24) is 23.4 Å². The zero-order valence-corrected chi connectivity index (χ0v) is 17.1. The monoisotopic (exact) mass is 419 g/mol. The maximum atomic E-state index is 12.9. The molecule has 0 unspecified atom stereocenters. The van der Waals surface area contributed by atoms with E-state index in [1.165, 1.54) is 4.31 Å². The van der Waals surface area contributed by atoms with E-state index in [1.54, 1.807) is 36.1 Å². The van der Waals surface area contributed by atoms with Crippen LogP contribution in [0.5, 0.6) is 5.75 Å². The fourth-order valence-electron chi connectivity index (χ4n) is 3.26. The molecule has 2 aromatic heterocycles. The van der Waals surface area contributed by atoms with Gasteiger partial charge < -0.3 is 4.74 Å². The van der Waals surface area contributed by atoms with Crippen LogP contribution >= 0.6 is 12.2 Å². The second-order valence-corrected chi connectivity index (χ2v) is 8.85. The Kier molecular flexibility index (Phi) is 5.19. The maximum absolute atomic E-state index is 12.9. The largest absolute Gasteiger partial charge is 0.497 e. The third kappa shape index (κ3) is 3.55. The van der Waals surface area contributed by atoms with Gasteiger partial charge in [-0.15, -0.1) is 0 Å². The molecule has 10 heteroatoms. The molecule has 1 saturated heterocycles. The molecule has 28 heavy (non-hydrogen) atoms. The predicted molar refractivity (Wildman–Crippen MR) is 107 cm³/mol. The first-order chi connectivity index (χ1) is 13.5. The number of sulfonamides is 1. The molecule has 1 aromatic carbocycles. The van der Waals surface area contributed by atoms with Crippen molar-refractivity contribution in [3.63, 3.8) is 0 Å². The zero-order valence-electron chi connectivity index (χ0n) is 15.4. The fraction of sp³-hybridized carbons (Fsp3) is 0.333. The molecule has 0 bridgehead atoms. The second-order valence-electron chi connectivity index (χ2n) is 6.55. The van der Waals surface area contributed by atoms with Gasteiger partial charge >= 0.3 is 0 Å². The topological polar surface area (TPSA) is 72.1 Å². The molecule has 3 heterocycles. The first kappa shape index (κ1) is 19.1. The molecular weight excluding hydrogens is 398 g/mol. The molecule has 0 saturated carbocycles. The number of aromatic nitrogens is 3. The predicted octanol–water partition coefficient (Wildman–Crippen LogP) is 1.84. The highest BCUT2D eigenvalue weighted by Crippen LogP contribution is 2.20. The molecular formula is C18H21N5O3S2. The first-order valence-electron chi connectivity index (χ1n) is 8.90. The molecule has 0 aliphatic carbocycles. The molecule has 4 rings (SSSR count). The summed E-state index contributed by atoms with van der Waals surface area (Å²) in [6.07, 6.45) is 1.89. The molecule has 148 valence electrons. The second kappa shape index (κ2) is 7.63. The van der Waals surface area contributed by atoms with E-state index in [1.807, 2.05) is 28.8 Å². The third-order valence-corrected chi connectivity index (χ3v) is 7.17. The molecule has 0 spiro atoms. The Hall–Kier alpha value is -2.27. The molecule has 1 fully saturated rings. The van der Waals surface area contributed by atoms with Crippen LogP contribution in [0.3, 0.4) is 0 Å². The van der Waals surface area contributed by atoms with Gasteiger partial charge in [0.1, 0.15) is 5.75 Å². The van der Waals surface area contributed by atoms with Crippen LogP contribution in [-0.4, -0.2) is 65.1 Å². The SMILES string of the molecule is COc1ccc(S(=O)(=O)N2CCN(Cn3nc4ccccn4c3=S)CC2)cc1. The number of nitrogens with zero attached hydrogens (tertiary/aromatic N) is 5. The zero-order chi connectivity index (χ0) is 19.7. The molecule has 1 aliphatic heterocycles. The van der Waals surface area contributed by atoms with Crippen molar-refractivity contribution in [2.24, 2.45) is 0 Å². The van der Waals surface area contributed by atoms with Crippen molar-refractivity contribution in [2.75, 3.05) is 33.3 Å². The Morgan fingerprint density at radius 3 is 2.43 bits per heavy atom. The van der Waals surface area contributed by atoms with E-state index in [9.17, 15) is 8.42 Å². The summed E-state index contributed by atoms with van der Waals surface area (Å²) in [5.41, 5.74) is 0.799. The Bertz CT molecular complexity index is 1130. The summed E-state index contributed by atoms with van der Waals surface area (Å²) in [7, 11) is -1.95. The third-order valence-electron chi connectivity index (χ3n) is 4.85. The highest BCUT2D eigenvalue weighted by molar-refractivity contribution is 7.89. The molecule has 3 aromatic rings. The van der Waals surface area contributed by atoms with Crippen LogP contribution < -0.4 is 4.74 Å². The summed E-state index contributed by atoms with van der Waals surface area (Å²) in [5, 5.41) is 4.53. The van der Waals surface area contributed by atoms with Gasteiger partial charge in [-0.25, -0.2) is 13.1 Å². The van der Waals surface area contributed by atoms with Crippen LogP contribution in [0.4, 0.5) is 0 Å². The van der Waals surface area contributed by atoms with E-state index in [0.717, 1.165) is 5.65 Å². The van der Waals surface area contributed by atoms with Gasteiger partial charge in [0, 0.05) is 32.4 Å². The summed E-state index contributed by atoms with van der Waals surface area (Å²) >= 11 is 5.48. The van der Waals surface area contributed by atoms with Crippen molar-refractivity contribution < 1.29 is 13.2 Å². The Morgan fingerprint density at radius 1 is 1.07 bits per heavy atom. The van der Waals surface area contributed by atoms with Crippen LogP contribution in [0.25, 0.3) is 5.65 Å². The van der Waals surface area contributed by atoms with Gasteiger partial charge in [-0.1, -0.05) is 6.07 Å². The minimum Gasteiger partial charge on any atom is -0.497 e. The van der Waals surface area contributed by atoms with Crippen LogP contribution in [0.1, 0.15) is 0 Å². The minimum atomic E-state index is -3.51. The maximum Gasteiger partial charge on any atom is 0.243 e. The molecule has 1 aliphatic rings. The summed E-state index contributed by atoms with van der Waals surface area (Å²) < 4.78 is 36.6. The highest BCUT2D eigenvalue weighted by atomic mass is 32.2. The van der Waals surface area contributed by atoms with E-state index in [4.69, 9.17) is 17.0 Å². The molecule has 8 nitrogen and oxygen atoms in total. The van der Waals surface area contributed by atoms with Gasteiger partial charge in [-0.3, -0.25) is 9.30 Å². The standard InChI is InChI=1S/C18H21N5O3S2/c1-26-15-5-7-16(8-6-15)28(24,25)21-12-10-20(11-13-21)14-23-18(27)22-9-3-2-4-17(22)19-23/h2-9H,10-14H2,1H3.